The van der Waals surface area contributed by atoms with Gasteiger partial charge in [0.25, 0.3) is 0 Å². The van der Waals surface area contributed by atoms with Crippen LogP contribution in [0, 0.1) is 0 Å². The number of nitrogens with two attached hydrogens (primary N) is 1. The van der Waals surface area contributed by atoms with Crippen LogP contribution in [0.1, 0.15) is 25.5 Å². The molecule has 0 aromatic carbocycles. The first-order chi connectivity index (χ1) is 9.06. The van der Waals surface area contributed by atoms with Crippen LogP contribution in [-0.2, 0) is 4.79 Å². The summed E-state index contributed by atoms with van der Waals surface area (Å²) in [4.78, 5) is 22.0. The van der Waals surface area contributed by atoms with Gasteiger partial charge in [-0.1, -0.05) is 12.2 Å². The number of thiocarbonyl (C=S) groups is 1. The number of anilines is 1. The lowest BCUT2D eigenvalue weighted by Gasteiger charge is -2.32. The molecular formula is C12H17N5OS. The summed E-state index contributed by atoms with van der Waals surface area (Å²) in [6, 6.07) is 1.95. The number of carbonyl (C=O) groups is 1. The Hall–Kier alpha value is -1.76. The van der Waals surface area contributed by atoms with Crippen molar-refractivity contribution in [1.82, 2.24) is 15.3 Å². The maximum absolute atomic E-state index is 11.0. The van der Waals surface area contributed by atoms with Gasteiger partial charge in [0.15, 0.2) is 0 Å². The molecule has 1 aromatic rings. The third-order valence-electron chi connectivity index (χ3n) is 3.08. The summed E-state index contributed by atoms with van der Waals surface area (Å²) in [5.74, 6) is 0.664. The summed E-state index contributed by atoms with van der Waals surface area (Å²) in [5.41, 5.74) is 6.15. The molecule has 6 nitrogen and oxygen atoms in total. The monoisotopic (exact) mass is 279 g/mol. The molecule has 7 heteroatoms. The number of nitrogens with one attached hydrogen (secondary N) is 1. The quantitative estimate of drug-likeness (QED) is 0.770. The maximum atomic E-state index is 11.0. The van der Waals surface area contributed by atoms with Gasteiger partial charge in [0.05, 0.1) is 0 Å². The Labute approximate surface area is 117 Å². The Morgan fingerprint density at radius 3 is 2.79 bits per heavy atom. The largest absolute Gasteiger partial charge is 0.388 e. The molecule has 0 bridgehead atoms. The van der Waals surface area contributed by atoms with Crippen molar-refractivity contribution in [1.29, 1.82) is 0 Å². The van der Waals surface area contributed by atoms with Gasteiger partial charge in [0.2, 0.25) is 11.9 Å². The molecule has 0 radical (unpaired) electrons. The molecular weight excluding hydrogens is 262 g/mol. The van der Waals surface area contributed by atoms with Crippen LogP contribution in [0.4, 0.5) is 5.95 Å². The van der Waals surface area contributed by atoms with Gasteiger partial charge in [-0.05, 0) is 18.9 Å². The van der Waals surface area contributed by atoms with Crippen LogP contribution in [0.3, 0.4) is 0 Å². The van der Waals surface area contributed by atoms with Gasteiger partial charge in [0, 0.05) is 32.3 Å². The first-order valence-electron chi connectivity index (χ1n) is 6.21. The highest BCUT2D eigenvalue weighted by molar-refractivity contribution is 7.80. The highest BCUT2D eigenvalue weighted by Crippen LogP contribution is 2.16. The highest BCUT2D eigenvalue weighted by atomic mass is 32.1. The van der Waals surface area contributed by atoms with E-state index in [1.165, 1.54) is 0 Å². The number of rotatable bonds is 3. The molecule has 0 spiro atoms. The minimum absolute atomic E-state index is 0.0187. The van der Waals surface area contributed by atoms with Gasteiger partial charge in [-0.15, -0.1) is 0 Å². The molecule has 0 atom stereocenters. The first-order valence-corrected chi connectivity index (χ1v) is 6.62. The summed E-state index contributed by atoms with van der Waals surface area (Å²) in [6.07, 6.45) is 3.44. The van der Waals surface area contributed by atoms with Crippen LogP contribution in [0.5, 0.6) is 0 Å². The molecule has 2 rings (SSSR count). The predicted molar refractivity (Wildman–Crippen MR) is 77.0 cm³/mol. The van der Waals surface area contributed by atoms with Crippen molar-refractivity contribution in [3.8, 4) is 0 Å². The average molecular weight is 279 g/mol. The molecule has 0 saturated carbocycles. The lowest BCUT2D eigenvalue weighted by Crippen LogP contribution is -2.44. The molecule has 2 heterocycles. The van der Waals surface area contributed by atoms with Crippen molar-refractivity contribution in [2.24, 2.45) is 5.73 Å². The number of hydrogen-bond acceptors (Lipinski definition) is 5. The van der Waals surface area contributed by atoms with Crippen molar-refractivity contribution >= 4 is 29.1 Å². The number of hydrogen-bond donors (Lipinski definition) is 2. The van der Waals surface area contributed by atoms with E-state index < -0.39 is 0 Å². The van der Waals surface area contributed by atoms with Gasteiger partial charge >= 0.3 is 0 Å². The lowest BCUT2D eigenvalue weighted by atomic mass is 10.1. The Balaban J connectivity index is 1.99. The van der Waals surface area contributed by atoms with E-state index in [1.807, 2.05) is 0 Å². The van der Waals surface area contributed by atoms with Crippen LogP contribution < -0.4 is 16.0 Å². The molecule has 1 aliphatic rings. The van der Waals surface area contributed by atoms with Gasteiger partial charge < -0.3 is 16.0 Å². The fourth-order valence-corrected chi connectivity index (χ4v) is 2.26. The first kappa shape index (κ1) is 13.7. The van der Waals surface area contributed by atoms with E-state index >= 15 is 0 Å². The number of nitrogens with zero attached hydrogens (tertiary/aromatic N) is 3. The van der Waals surface area contributed by atoms with E-state index in [0.29, 0.717) is 11.6 Å². The molecule has 1 saturated heterocycles. The third-order valence-corrected chi connectivity index (χ3v) is 3.29. The number of amides is 1. The SMILES string of the molecule is CC(=O)NC1CCN(c2nccc(C(N)=S)n2)CC1. The highest BCUT2D eigenvalue weighted by Gasteiger charge is 2.21. The van der Waals surface area contributed by atoms with Gasteiger partial charge in [-0.25, -0.2) is 9.97 Å². The molecule has 1 fully saturated rings. The minimum atomic E-state index is 0.0187. The molecule has 102 valence electrons. The standard InChI is InChI=1S/C12H17N5OS/c1-8(18)15-9-3-6-17(7-4-9)12-14-5-2-10(16-12)11(13)19/h2,5,9H,3-4,6-7H2,1H3,(H2,13,19)(H,15,18). The summed E-state index contributed by atoms with van der Waals surface area (Å²) < 4.78 is 0. The Morgan fingerprint density at radius 1 is 1.53 bits per heavy atom. The normalized spacial score (nSPS) is 16.2. The minimum Gasteiger partial charge on any atom is -0.388 e. The van der Waals surface area contributed by atoms with Crippen molar-refractivity contribution in [2.45, 2.75) is 25.8 Å². The van der Waals surface area contributed by atoms with E-state index in [1.54, 1.807) is 19.2 Å². The third kappa shape index (κ3) is 3.60. The summed E-state index contributed by atoms with van der Waals surface area (Å²) in [5, 5.41) is 2.94. The van der Waals surface area contributed by atoms with E-state index in [0.717, 1.165) is 25.9 Å². The summed E-state index contributed by atoms with van der Waals surface area (Å²) in [6.45, 7) is 3.17. The zero-order chi connectivity index (χ0) is 13.8. The number of aromatic nitrogens is 2. The van der Waals surface area contributed by atoms with E-state index in [9.17, 15) is 4.79 Å². The van der Waals surface area contributed by atoms with Crippen LogP contribution in [0.15, 0.2) is 12.3 Å². The van der Waals surface area contributed by atoms with Crippen LogP contribution in [-0.4, -0.2) is 40.0 Å². The molecule has 1 aliphatic heterocycles. The Bertz CT molecular complexity index is 485. The van der Waals surface area contributed by atoms with E-state index in [4.69, 9.17) is 18.0 Å². The number of piperidine rings is 1. The van der Waals surface area contributed by atoms with Crippen LogP contribution in [0.25, 0.3) is 0 Å². The van der Waals surface area contributed by atoms with Crippen molar-refractivity contribution < 1.29 is 4.79 Å². The van der Waals surface area contributed by atoms with E-state index in [-0.39, 0.29) is 16.9 Å². The second kappa shape index (κ2) is 5.92. The fraction of sp³-hybridized carbons (Fsp3) is 0.500. The van der Waals surface area contributed by atoms with Crippen LogP contribution >= 0.6 is 12.2 Å². The van der Waals surface area contributed by atoms with Crippen LogP contribution in [0.2, 0.25) is 0 Å². The number of carbonyl (C=O) groups excluding carboxylic acids is 1. The van der Waals surface area contributed by atoms with Gasteiger partial charge in [0.1, 0.15) is 10.7 Å². The Kier molecular flexibility index (Phi) is 4.26. The molecule has 1 aromatic heterocycles. The van der Waals surface area contributed by atoms with Crippen molar-refractivity contribution in [3.05, 3.63) is 18.0 Å². The van der Waals surface area contributed by atoms with Gasteiger partial charge in [-0.3, -0.25) is 4.79 Å². The topological polar surface area (TPSA) is 84.1 Å². The van der Waals surface area contributed by atoms with Crippen molar-refractivity contribution in [3.63, 3.8) is 0 Å². The molecule has 0 unspecified atom stereocenters. The zero-order valence-electron chi connectivity index (χ0n) is 10.8. The average Bonchev–Trinajstić information content (AvgIpc) is 2.39. The Morgan fingerprint density at radius 2 is 2.21 bits per heavy atom. The lowest BCUT2D eigenvalue weighted by molar-refractivity contribution is -0.119. The fourth-order valence-electron chi connectivity index (χ4n) is 2.15. The maximum Gasteiger partial charge on any atom is 0.225 e. The predicted octanol–water partition coefficient (Wildman–Crippen LogP) is 0.216. The molecule has 0 aliphatic carbocycles. The second-order valence-electron chi connectivity index (χ2n) is 4.57. The summed E-state index contributed by atoms with van der Waals surface area (Å²) in [7, 11) is 0. The molecule has 1 amide bonds. The second-order valence-corrected chi connectivity index (χ2v) is 5.01. The van der Waals surface area contributed by atoms with E-state index in [2.05, 4.69) is 20.2 Å². The molecule has 19 heavy (non-hydrogen) atoms. The zero-order valence-corrected chi connectivity index (χ0v) is 11.6. The van der Waals surface area contributed by atoms with Crippen molar-refractivity contribution in [2.75, 3.05) is 18.0 Å². The smallest absolute Gasteiger partial charge is 0.225 e. The van der Waals surface area contributed by atoms with Gasteiger partial charge in [-0.2, -0.15) is 0 Å². The molecule has 3 N–H and O–H groups in total. The summed E-state index contributed by atoms with van der Waals surface area (Å²) >= 11 is 4.91.